The van der Waals surface area contributed by atoms with Gasteiger partial charge < -0.3 is 15.0 Å². The molecule has 0 amide bonds. The summed E-state index contributed by atoms with van der Waals surface area (Å²) in [5.74, 6) is -0.348. The smallest absolute Gasteiger partial charge is 0.340 e. The zero-order valence-corrected chi connectivity index (χ0v) is 15.9. The van der Waals surface area contributed by atoms with Gasteiger partial charge in [0.1, 0.15) is 5.00 Å². The first-order valence-corrected chi connectivity index (χ1v) is 9.75. The number of nitrogens with one attached hydrogen (secondary N) is 1. The number of thiocarbonyl (C=S) groups is 1. The molecule has 0 saturated carbocycles. The predicted molar refractivity (Wildman–Crippen MR) is 107 cm³/mol. The Morgan fingerprint density at radius 1 is 1.16 bits per heavy atom. The lowest BCUT2D eigenvalue weighted by atomic mass is 10.1. The lowest BCUT2D eigenvalue weighted by Gasteiger charge is -2.23. The van der Waals surface area contributed by atoms with Gasteiger partial charge in [-0.3, -0.25) is 0 Å². The van der Waals surface area contributed by atoms with Crippen molar-refractivity contribution < 1.29 is 9.53 Å². The molecule has 0 bridgehead atoms. The van der Waals surface area contributed by atoms with E-state index < -0.39 is 0 Å². The maximum atomic E-state index is 12.2. The van der Waals surface area contributed by atoms with Gasteiger partial charge in [0.2, 0.25) is 0 Å². The normalized spacial score (nSPS) is 14.7. The standard InChI is InChI=1S/C19H22N2O2S2/c1-23-18(22)15-13-16(14-9-5-4-6-10-14)25-17(15)20-19(24)21-11-7-2-3-8-12-21/h4-6,9-10,13H,2-3,7-8,11-12H2,1H3,(H,20,24). The Morgan fingerprint density at radius 3 is 2.48 bits per heavy atom. The lowest BCUT2D eigenvalue weighted by Crippen LogP contribution is -2.35. The summed E-state index contributed by atoms with van der Waals surface area (Å²) in [6, 6.07) is 11.9. The second-order valence-electron chi connectivity index (χ2n) is 6.04. The topological polar surface area (TPSA) is 41.6 Å². The Labute approximate surface area is 157 Å². The van der Waals surface area contributed by atoms with E-state index in [-0.39, 0.29) is 5.97 Å². The number of carbonyl (C=O) groups excluding carboxylic acids is 1. The maximum absolute atomic E-state index is 12.2. The number of anilines is 1. The Hall–Kier alpha value is -1.92. The van der Waals surface area contributed by atoms with E-state index in [0.29, 0.717) is 10.7 Å². The number of ether oxygens (including phenoxy) is 1. The van der Waals surface area contributed by atoms with Crippen LogP contribution in [-0.2, 0) is 4.74 Å². The van der Waals surface area contributed by atoms with E-state index in [1.165, 1.54) is 31.3 Å². The van der Waals surface area contributed by atoms with Crippen LogP contribution in [0.4, 0.5) is 5.00 Å². The molecule has 1 aromatic heterocycles. The summed E-state index contributed by atoms with van der Waals surface area (Å²) in [7, 11) is 1.40. The number of methoxy groups -OCH3 is 1. The van der Waals surface area contributed by atoms with Crippen LogP contribution in [0, 0.1) is 0 Å². The molecule has 1 saturated heterocycles. The molecular weight excluding hydrogens is 352 g/mol. The third kappa shape index (κ3) is 4.38. The molecule has 0 atom stereocenters. The van der Waals surface area contributed by atoms with Gasteiger partial charge in [-0.1, -0.05) is 43.2 Å². The number of likely N-dealkylation sites (tertiary alicyclic amines) is 1. The van der Waals surface area contributed by atoms with E-state index in [0.717, 1.165) is 41.4 Å². The van der Waals surface area contributed by atoms with E-state index in [4.69, 9.17) is 17.0 Å². The Bertz CT molecular complexity index is 735. The summed E-state index contributed by atoms with van der Waals surface area (Å²) in [4.78, 5) is 15.4. The monoisotopic (exact) mass is 374 g/mol. The molecule has 3 rings (SSSR count). The van der Waals surface area contributed by atoms with Crippen molar-refractivity contribution in [3.8, 4) is 10.4 Å². The van der Waals surface area contributed by atoms with Crippen LogP contribution < -0.4 is 5.32 Å². The van der Waals surface area contributed by atoms with Gasteiger partial charge in [-0.25, -0.2) is 4.79 Å². The molecule has 0 spiro atoms. The third-order valence-corrected chi connectivity index (χ3v) is 5.77. The number of thiophene rings is 1. The van der Waals surface area contributed by atoms with E-state index in [1.807, 2.05) is 36.4 Å². The van der Waals surface area contributed by atoms with Crippen LogP contribution in [0.1, 0.15) is 36.0 Å². The van der Waals surface area contributed by atoms with E-state index in [1.54, 1.807) is 0 Å². The molecule has 1 aromatic carbocycles. The van der Waals surface area contributed by atoms with Crippen LogP contribution >= 0.6 is 23.6 Å². The molecular formula is C19H22N2O2S2. The van der Waals surface area contributed by atoms with Crippen LogP contribution in [0.15, 0.2) is 36.4 Å². The number of hydrogen-bond donors (Lipinski definition) is 1. The van der Waals surface area contributed by atoms with Crippen LogP contribution in [0.3, 0.4) is 0 Å². The first kappa shape index (κ1) is 17.9. The molecule has 1 fully saturated rings. The minimum atomic E-state index is -0.348. The highest BCUT2D eigenvalue weighted by atomic mass is 32.1. The van der Waals surface area contributed by atoms with Gasteiger partial charge in [-0.15, -0.1) is 11.3 Å². The zero-order valence-electron chi connectivity index (χ0n) is 14.3. The fourth-order valence-electron chi connectivity index (χ4n) is 2.94. The van der Waals surface area contributed by atoms with Crippen molar-refractivity contribution in [1.82, 2.24) is 4.90 Å². The molecule has 0 aliphatic carbocycles. The number of hydrogen-bond acceptors (Lipinski definition) is 4. The lowest BCUT2D eigenvalue weighted by molar-refractivity contribution is 0.0602. The highest BCUT2D eigenvalue weighted by Gasteiger charge is 2.20. The largest absolute Gasteiger partial charge is 0.465 e. The number of carbonyl (C=O) groups is 1. The average molecular weight is 375 g/mol. The minimum absolute atomic E-state index is 0.348. The molecule has 132 valence electrons. The maximum Gasteiger partial charge on any atom is 0.340 e. The predicted octanol–water partition coefficient (Wildman–Crippen LogP) is 4.77. The van der Waals surface area contributed by atoms with E-state index >= 15 is 0 Å². The van der Waals surface area contributed by atoms with Crippen molar-refractivity contribution in [2.24, 2.45) is 0 Å². The summed E-state index contributed by atoms with van der Waals surface area (Å²) in [6.45, 7) is 1.94. The van der Waals surface area contributed by atoms with Gasteiger partial charge >= 0.3 is 5.97 Å². The number of esters is 1. The molecule has 0 radical (unpaired) electrons. The Kier molecular flexibility index (Phi) is 6.04. The second kappa shape index (κ2) is 8.45. The first-order valence-electron chi connectivity index (χ1n) is 8.52. The Morgan fingerprint density at radius 2 is 1.84 bits per heavy atom. The summed E-state index contributed by atoms with van der Waals surface area (Å²) in [6.07, 6.45) is 4.82. The first-order chi connectivity index (χ1) is 12.2. The summed E-state index contributed by atoms with van der Waals surface area (Å²) in [5.41, 5.74) is 1.61. The van der Waals surface area contributed by atoms with Gasteiger partial charge in [0.15, 0.2) is 5.11 Å². The molecule has 1 aliphatic rings. The Balaban J connectivity index is 1.84. The second-order valence-corrected chi connectivity index (χ2v) is 7.48. The van der Waals surface area contributed by atoms with Gasteiger partial charge in [0, 0.05) is 18.0 Å². The molecule has 25 heavy (non-hydrogen) atoms. The van der Waals surface area contributed by atoms with E-state index in [9.17, 15) is 4.79 Å². The summed E-state index contributed by atoms with van der Waals surface area (Å²) in [5, 5.41) is 4.73. The van der Waals surface area contributed by atoms with Crippen molar-refractivity contribution in [2.75, 3.05) is 25.5 Å². The van der Waals surface area contributed by atoms with Gasteiger partial charge in [0.05, 0.1) is 12.7 Å². The quantitative estimate of drug-likeness (QED) is 0.619. The summed E-state index contributed by atoms with van der Waals surface area (Å²) < 4.78 is 4.94. The molecule has 6 heteroatoms. The van der Waals surface area contributed by atoms with Crippen LogP contribution in [0.25, 0.3) is 10.4 Å². The highest BCUT2D eigenvalue weighted by Crippen LogP contribution is 2.36. The SMILES string of the molecule is COC(=O)c1cc(-c2ccccc2)sc1NC(=S)N1CCCCCC1. The van der Waals surface area contributed by atoms with Crippen molar-refractivity contribution in [2.45, 2.75) is 25.7 Å². The van der Waals surface area contributed by atoms with Gasteiger partial charge in [0.25, 0.3) is 0 Å². The minimum Gasteiger partial charge on any atom is -0.465 e. The fraction of sp³-hybridized carbons (Fsp3) is 0.368. The highest BCUT2D eigenvalue weighted by molar-refractivity contribution is 7.80. The number of benzene rings is 1. The molecule has 1 aliphatic heterocycles. The molecule has 1 N–H and O–H groups in total. The summed E-state index contributed by atoms with van der Waals surface area (Å²) >= 11 is 7.12. The number of rotatable bonds is 3. The number of nitrogens with zero attached hydrogens (tertiary/aromatic N) is 1. The fourth-order valence-corrected chi connectivity index (χ4v) is 4.34. The van der Waals surface area contributed by atoms with Crippen LogP contribution in [0.2, 0.25) is 0 Å². The van der Waals surface area contributed by atoms with Gasteiger partial charge in [-0.05, 0) is 36.7 Å². The third-order valence-electron chi connectivity index (χ3n) is 4.31. The van der Waals surface area contributed by atoms with Crippen LogP contribution in [-0.4, -0.2) is 36.2 Å². The average Bonchev–Trinajstić information content (AvgIpc) is 2.87. The van der Waals surface area contributed by atoms with Crippen molar-refractivity contribution in [1.29, 1.82) is 0 Å². The molecule has 4 nitrogen and oxygen atoms in total. The van der Waals surface area contributed by atoms with Crippen molar-refractivity contribution >= 4 is 39.6 Å². The van der Waals surface area contributed by atoms with Crippen molar-refractivity contribution in [3.05, 3.63) is 42.0 Å². The molecule has 2 aromatic rings. The zero-order chi connectivity index (χ0) is 17.6. The van der Waals surface area contributed by atoms with Crippen molar-refractivity contribution in [3.63, 3.8) is 0 Å². The molecule has 0 unspecified atom stereocenters. The van der Waals surface area contributed by atoms with Crippen LogP contribution in [0.5, 0.6) is 0 Å². The molecule has 2 heterocycles. The van der Waals surface area contributed by atoms with E-state index in [2.05, 4.69) is 10.2 Å². The van der Waals surface area contributed by atoms with Gasteiger partial charge in [-0.2, -0.15) is 0 Å².